The lowest BCUT2D eigenvalue weighted by Crippen LogP contribution is -2.45. The Morgan fingerprint density at radius 1 is 1.38 bits per heavy atom. The van der Waals surface area contributed by atoms with Crippen molar-refractivity contribution in [3.8, 4) is 0 Å². The fourth-order valence-corrected chi connectivity index (χ4v) is 1.71. The van der Waals surface area contributed by atoms with Crippen LogP contribution in [-0.4, -0.2) is 24.3 Å². The Hall–Kier alpha value is -0.570. The first-order valence-electron chi connectivity index (χ1n) is 4.71. The van der Waals surface area contributed by atoms with Crippen molar-refractivity contribution in [1.29, 1.82) is 0 Å². The first-order valence-corrected chi connectivity index (χ1v) is 4.71. The Kier molecular flexibility index (Phi) is 2.66. The lowest BCUT2D eigenvalue weighted by atomic mass is 9.62. The molecule has 0 amide bonds. The highest BCUT2D eigenvalue weighted by Gasteiger charge is 2.47. The molecule has 0 saturated carbocycles. The molecule has 0 aromatic carbocycles. The van der Waals surface area contributed by atoms with Crippen LogP contribution < -0.4 is 0 Å². The fraction of sp³-hybridized carbons (Fsp3) is 0.900. The average molecular weight is 186 g/mol. The van der Waals surface area contributed by atoms with Gasteiger partial charge in [-0.05, 0) is 32.1 Å². The van der Waals surface area contributed by atoms with Gasteiger partial charge in [-0.1, -0.05) is 6.92 Å². The Balaban J connectivity index is 2.82. The molecule has 1 aliphatic heterocycles. The van der Waals surface area contributed by atoms with Gasteiger partial charge in [0.2, 0.25) is 0 Å². The Bertz CT molecular complexity index is 202. The van der Waals surface area contributed by atoms with Gasteiger partial charge >= 0.3 is 5.97 Å². The number of hydrogen-bond donors (Lipinski definition) is 1. The molecule has 1 saturated heterocycles. The smallest absolute Gasteiger partial charge is 0.309 e. The number of hydrogen-bond acceptors (Lipinski definition) is 2. The quantitative estimate of drug-likeness (QED) is 0.716. The van der Waals surface area contributed by atoms with E-state index in [1.54, 1.807) is 13.8 Å². The van der Waals surface area contributed by atoms with E-state index >= 15 is 0 Å². The molecular formula is C10H18O3. The van der Waals surface area contributed by atoms with E-state index in [-0.39, 0.29) is 5.41 Å². The van der Waals surface area contributed by atoms with Crippen molar-refractivity contribution in [3.05, 3.63) is 0 Å². The molecule has 1 aliphatic rings. The molecule has 0 bridgehead atoms. The molecule has 1 N–H and O–H groups in total. The number of carboxylic acids is 1. The molecule has 0 aliphatic carbocycles. The van der Waals surface area contributed by atoms with Crippen LogP contribution in [0.3, 0.4) is 0 Å². The van der Waals surface area contributed by atoms with Gasteiger partial charge in [0.25, 0.3) is 0 Å². The van der Waals surface area contributed by atoms with Gasteiger partial charge in [-0.25, -0.2) is 0 Å². The normalized spacial score (nSPS) is 22.7. The van der Waals surface area contributed by atoms with Crippen LogP contribution in [0.2, 0.25) is 0 Å². The maximum absolute atomic E-state index is 11.1. The van der Waals surface area contributed by atoms with Crippen LogP contribution in [-0.2, 0) is 9.53 Å². The van der Waals surface area contributed by atoms with Gasteiger partial charge in [0.15, 0.2) is 0 Å². The zero-order valence-corrected chi connectivity index (χ0v) is 8.59. The Labute approximate surface area is 79.1 Å². The zero-order valence-electron chi connectivity index (χ0n) is 8.59. The molecule has 13 heavy (non-hydrogen) atoms. The summed E-state index contributed by atoms with van der Waals surface area (Å²) in [6, 6.07) is 0. The van der Waals surface area contributed by atoms with Crippen LogP contribution in [0.15, 0.2) is 0 Å². The van der Waals surface area contributed by atoms with Crippen molar-refractivity contribution in [2.45, 2.75) is 33.6 Å². The molecule has 1 heterocycles. The number of carbonyl (C=O) groups is 1. The van der Waals surface area contributed by atoms with Crippen molar-refractivity contribution in [2.24, 2.45) is 10.8 Å². The van der Waals surface area contributed by atoms with Gasteiger partial charge < -0.3 is 9.84 Å². The number of aliphatic carboxylic acids is 1. The minimum Gasteiger partial charge on any atom is -0.481 e. The summed E-state index contributed by atoms with van der Waals surface area (Å²) in [6.07, 6.45) is 1.68. The Morgan fingerprint density at radius 3 is 2.23 bits per heavy atom. The second-order valence-corrected chi connectivity index (χ2v) is 4.60. The maximum Gasteiger partial charge on any atom is 0.309 e. The minimum atomic E-state index is -0.711. The van der Waals surface area contributed by atoms with E-state index in [2.05, 4.69) is 0 Å². The third-order valence-corrected chi connectivity index (χ3v) is 3.64. The van der Waals surface area contributed by atoms with Crippen LogP contribution in [0.4, 0.5) is 0 Å². The van der Waals surface area contributed by atoms with Crippen molar-refractivity contribution in [3.63, 3.8) is 0 Å². The molecule has 0 radical (unpaired) electrons. The first kappa shape index (κ1) is 10.5. The topological polar surface area (TPSA) is 46.5 Å². The number of rotatable bonds is 2. The SMILES string of the molecule is CC1(C(C)(C)C(=O)O)CCOCC1. The minimum absolute atomic E-state index is 0.128. The summed E-state index contributed by atoms with van der Waals surface area (Å²) in [5.74, 6) is -0.711. The fourth-order valence-electron chi connectivity index (χ4n) is 1.71. The van der Waals surface area contributed by atoms with E-state index in [9.17, 15) is 4.79 Å². The second-order valence-electron chi connectivity index (χ2n) is 4.60. The second kappa shape index (κ2) is 3.29. The van der Waals surface area contributed by atoms with Gasteiger partial charge in [0.05, 0.1) is 5.41 Å². The van der Waals surface area contributed by atoms with E-state index in [4.69, 9.17) is 9.84 Å². The maximum atomic E-state index is 11.1. The van der Waals surface area contributed by atoms with E-state index < -0.39 is 11.4 Å². The predicted octanol–water partition coefficient (Wildman–Crippen LogP) is 1.91. The summed E-state index contributed by atoms with van der Waals surface area (Å²) in [5, 5.41) is 9.12. The highest BCUT2D eigenvalue weighted by Crippen LogP contribution is 2.46. The van der Waals surface area contributed by atoms with Crippen molar-refractivity contribution >= 4 is 5.97 Å². The van der Waals surface area contributed by atoms with E-state index in [0.29, 0.717) is 13.2 Å². The van der Waals surface area contributed by atoms with Gasteiger partial charge in [-0.2, -0.15) is 0 Å². The molecule has 0 aromatic heterocycles. The lowest BCUT2D eigenvalue weighted by Gasteiger charge is -2.43. The number of ether oxygens (including phenoxy) is 1. The Morgan fingerprint density at radius 2 is 1.85 bits per heavy atom. The van der Waals surface area contributed by atoms with Crippen molar-refractivity contribution in [2.75, 3.05) is 13.2 Å². The molecule has 0 unspecified atom stereocenters. The third-order valence-electron chi connectivity index (χ3n) is 3.64. The molecule has 0 atom stereocenters. The number of carboxylic acid groups (broad SMARTS) is 1. The molecule has 1 rings (SSSR count). The summed E-state index contributed by atoms with van der Waals surface area (Å²) in [4.78, 5) is 11.1. The van der Waals surface area contributed by atoms with Crippen LogP contribution in [0.1, 0.15) is 33.6 Å². The average Bonchev–Trinajstić information content (AvgIpc) is 2.05. The highest BCUT2D eigenvalue weighted by atomic mass is 16.5. The van der Waals surface area contributed by atoms with Crippen LogP contribution >= 0.6 is 0 Å². The molecule has 0 aromatic rings. The molecular weight excluding hydrogens is 168 g/mol. The van der Waals surface area contributed by atoms with Gasteiger partial charge in [-0.3, -0.25) is 4.79 Å². The standard InChI is InChI=1S/C10H18O3/c1-9(2,8(11)12)10(3)4-6-13-7-5-10/h4-7H2,1-3H3,(H,11,12). The highest BCUT2D eigenvalue weighted by molar-refractivity contribution is 5.74. The summed E-state index contributed by atoms with van der Waals surface area (Å²) in [7, 11) is 0. The molecule has 1 fully saturated rings. The van der Waals surface area contributed by atoms with E-state index in [0.717, 1.165) is 12.8 Å². The van der Waals surface area contributed by atoms with Gasteiger partial charge in [0, 0.05) is 13.2 Å². The lowest BCUT2D eigenvalue weighted by molar-refractivity contribution is -0.159. The zero-order chi connectivity index (χ0) is 10.1. The molecule has 3 heteroatoms. The molecule has 76 valence electrons. The summed E-state index contributed by atoms with van der Waals surface area (Å²) in [6.45, 7) is 7.03. The van der Waals surface area contributed by atoms with Crippen molar-refractivity contribution < 1.29 is 14.6 Å². The van der Waals surface area contributed by atoms with Crippen LogP contribution in [0, 0.1) is 10.8 Å². The molecule has 0 spiro atoms. The van der Waals surface area contributed by atoms with Gasteiger partial charge in [-0.15, -0.1) is 0 Å². The van der Waals surface area contributed by atoms with Crippen LogP contribution in [0.5, 0.6) is 0 Å². The summed E-state index contributed by atoms with van der Waals surface area (Å²) < 4.78 is 5.25. The summed E-state index contributed by atoms with van der Waals surface area (Å²) >= 11 is 0. The van der Waals surface area contributed by atoms with Gasteiger partial charge in [0.1, 0.15) is 0 Å². The largest absolute Gasteiger partial charge is 0.481 e. The first-order chi connectivity index (χ1) is 5.90. The van der Waals surface area contributed by atoms with Crippen LogP contribution in [0.25, 0.3) is 0 Å². The van der Waals surface area contributed by atoms with E-state index in [1.165, 1.54) is 0 Å². The van der Waals surface area contributed by atoms with Crippen molar-refractivity contribution in [1.82, 2.24) is 0 Å². The predicted molar refractivity (Wildman–Crippen MR) is 49.6 cm³/mol. The third kappa shape index (κ3) is 1.70. The van der Waals surface area contributed by atoms with E-state index in [1.807, 2.05) is 6.92 Å². The molecule has 3 nitrogen and oxygen atoms in total. The summed E-state index contributed by atoms with van der Waals surface area (Å²) in [5.41, 5.74) is -0.784. The monoisotopic (exact) mass is 186 g/mol.